The fraction of sp³-hybridized carbons (Fsp3) is 1.00. The molecule has 0 heterocycles. The zero-order chi connectivity index (χ0) is 14.7. The van der Waals surface area contributed by atoms with Crippen molar-refractivity contribution >= 4 is 7.28 Å². The van der Waals surface area contributed by atoms with E-state index < -0.39 is 0 Å². The first-order chi connectivity index (χ1) is 9.91. The number of hydrogen-bond donors (Lipinski definition) is 0. The van der Waals surface area contributed by atoms with Crippen molar-refractivity contribution in [3.8, 4) is 0 Å². The van der Waals surface area contributed by atoms with Crippen molar-refractivity contribution < 1.29 is 20.3 Å². The minimum atomic E-state index is 0.294. The van der Waals surface area contributed by atoms with E-state index >= 15 is 0 Å². The molecule has 0 fully saturated rings. The van der Waals surface area contributed by atoms with Gasteiger partial charge in [0.15, 0.2) is 0 Å². The van der Waals surface area contributed by atoms with Crippen molar-refractivity contribution in [3.63, 3.8) is 0 Å². The van der Waals surface area contributed by atoms with Crippen molar-refractivity contribution in [2.24, 2.45) is 0 Å². The summed E-state index contributed by atoms with van der Waals surface area (Å²) in [5.74, 6) is 0. The summed E-state index contributed by atoms with van der Waals surface area (Å²) in [6.07, 6.45) is 23.7. The van der Waals surface area contributed by atoms with Gasteiger partial charge in [-0.25, -0.2) is 0 Å². The molecule has 0 amide bonds. The Labute approximate surface area is 143 Å². The van der Waals surface area contributed by atoms with Crippen LogP contribution in [-0.2, 0) is 20.3 Å². The van der Waals surface area contributed by atoms with E-state index in [2.05, 4.69) is 27.2 Å². The quantitative estimate of drug-likeness (QED) is 0.169. The van der Waals surface area contributed by atoms with Gasteiger partial charge in [-0.3, -0.25) is 0 Å². The molecule has 20 heavy (non-hydrogen) atoms. The summed E-state index contributed by atoms with van der Waals surface area (Å²) in [4.78, 5) is 0. The van der Waals surface area contributed by atoms with Gasteiger partial charge in [0.25, 0.3) is 0 Å². The van der Waals surface area contributed by atoms with E-state index in [9.17, 15) is 0 Å². The zero-order valence-electron chi connectivity index (χ0n) is 14.0. The standard InChI is InChI=1S/C18H39Si.Au/c1-2-3-4-5-6-7-8-9-10-11-12-13-14-15-16-17-18-19;/h2-19H2,1H3;. The molecule has 0 rings (SSSR count). The van der Waals surface area contributed by atoms with Gasteiger partial charge in [-0.1, -0.05) is 45.4 Å². The van der Waals surface area contributed by atoms with Crippen LogP contribution in [-0.4, -0.2) is 7.28 Å². The molecule has 0 saturated carbocycles. The third-order valence-electron chi connectivity index (χ3n) is 4.21. The Balaban J connectivity index is 2.89. The molecule has 0 aliphatic rings. The molecular formula is C18H39AuSi. The number of rotatable bonds is 17. The first kappa shape index (κ1) is 21.0. The second-order valence-corrected chi connectivity index (χ2v) is 10.6. The third-order valence-corrected chi connectivity index (χ3v) is 7.22. The van der Waals surface area contributed by atoms with Gasteiger partial charge in [0, 0.05) is 0 Å². The average molecular weight is 481 g/mol. The fourth-order valence-electron chi connectivity index (χ4n) is 2.80. The Hall–Kier alpha value is 0.957. The van der Waals surface area contributed by atoms with Crippen LogP contribution in [0.2, 0.25) is 6.04 Å². The van der Waals surface area contributed by atoms with Gasteiger partial charge < -0.3 is 0 Å². The summed E-state index contributed by atoms with van der Waals surface area (Å²) in [6, 6.07) is 1.56. The zero-order valence-corrected chi connectivity index (χ0v) is 17.6. The van der Waals surface area contributed by atoms with E-state index in [1.54, 1.807) is 6.04 Å². The number of hydrogen-bond acceptors (Lipinski definition) is 0. The molecule has 0 aromatic heterocycles. The third kappa shape index (κ3) is 19.0. The van der Waals surface area contributed by atoms with Crippen LogP contribution in [0.4, 0.5) is 0 Å². The molecule has 0 aliphatic carbocycles. The van der Waals surface area contributed by atoms with Crippen LogP contribution in [0, 0.1) is 0 Å². The molecule has 0 nitrogen and oxygen atoms in total. The van der Waals surface area contributed by atoms with Gasteiger partial charge in [-0.15, -0.1) is 0 Å². The van der Waals surface area contributed by atoms with Crippen molar-refractivity contribution in [2.45, 2.75) is 116 Å². The molecule has 126 valence electrons. The summed E-state index contributed by atoms with van der Waals surface area (Å²) in [5.41, 5.74) is 0. The van der Waals surface area contributed by atoms with Crippen molar-refractivity contribution in [3.05, 3.63) is 0 Å². The topological polar surface area (TPSA) is 0 Å². The predicted molar refractivity (Wildman–Crippen MR) is 92.9 cm³/mol. The van der Waals surface area contributed by atoms with E-state index in [4.69, 9.17) is 0 Å². The Kier molecular flexibility index (Phi) is 20.9. The second kappa shape index (κ2) is 20.0. The average Bonchev–Trinajstić information content (AvgIpc) is 2.47. The van der Waals surface area contributed by atoms with Gasteiger partial charge in [-0.2, -0.15) is 0 Å². The van der Waals surface area contributed by atoms with Gasteiger partial charge in [-0.05, 0) is 0 Å². The molecule has 0 atom stereocenters. The monoisotopic (exact) mass is 480 g/mol. The molecule has 0 N–H and O–H groups in total. The van der Waals surface area contributed by atoms with Crippen LogP contribution >= 0.6 is 0 Å². The van der Waals surface area contributed by atoms with Crippen molar-refractivity contribution in [1.82, 2.24) is 0 Å². The summed E-state index contributed by atoms with van der Waals surface area (Å²) in [6.45, 7) is 2.30. The Morgan fingerprint density at radius 1 is 0.500 bits per heavy atom. The van der Waals surface area contributed by atoms with E-state index in [-0.39, 0.29) is 0 Å². The van der Waals surface area contributed by atoms with E-state index in [0.29, 0.717) is 7.28 Å². The summed E-state index contributed by atoms with van der Waals surface area (Å²) in [7, 11) is 0.294. The van der Waals surface area contributed by atoms with Crippen LogP contribution in [0.1, 0.15) is 110 Å². The summed E-state index contributed by atoms with van der Waals surface area (Å²) < 4.78 is 0. The molecular weight excluding hydrogens is 441 g/mol. The number of unbranched alkanes of at least 4 members (excludes halogenated alkanes) is 15. The molecule has 0 aromatic carbocycles. The van der Waals surface area contributed by atoms with Crippen LogP contribution in [0.15, 0.2) is 0 Å². The minimum absolute atomic E-state index is 0.294. The van der Waals surface area contributed by atoms with Gasteiger partial charge in [0.05, 0.1) is 0 Å². The molecule has 2 heteroatoms. The van der Waals surface area contributed by atoms with Crippen LogP contribution < -0.4 is 0 Å². The first-order valence-electron chi connectivity index (χ1n) is 9.42. The molecule has 0 bridgehead atoms. The van der Waals surface area contributed by atoms with E-state index in [1.165, 1.54) is 103 Å². The molecule has 0 radical (unpaired) electrons. The Bertz CT molecular complexity index is 143. The maximum atomic E-state index is 2.79. The van der Waals surface area contributed by atoms with Gasteiger partial charge in [0.2, 0.25) is 0 Å². The Morgan fingerprint density at radius 3 is 1.10 bits per heavy atom. The first-order valence-corrected chi connectivity index (χ1v) is 15.4. The molecule has 0 saturated heterocycles. The maximum absolute atomic E-state index is 2.79. The van der Waals surface area contributed by atoms with Crippen molar-refractivity contribution in [1.29, 1.82) is 0 Å². The predicted octanol–water partition coefficient (Wildman–Crippen LogP) is 6.30. The van der Waals surface area contributed by atoms with E-state index in [1.807, 2.05) is 0 Å². The van der Waals surface area contributed by atoms with Gasteiger partial charge in [0.1, 0.15) is 0 Å². The van der Waals surface area contributed by atoms with Crippen molar-refractivity contribution in [2.75, 3.05) is 0 Å². The molecule has 0 aromatic rings. The van der Waals surface area contributed by atoms with Crippen LogP contribution in [0.3, 0.4) is 0 Å². The van der Waals surface area contributed by atoms with E-state index in [0.717, 1.165) is 0 Å². The summed E-state index contributed by atoms with van der Waals surface area (Å²) >= 11 is 2.79. The van der Waals surface area contributed by atoms with Crippen LogP contribution in [0.5, 0.6) is 0 Å². The normalized spacial score (nSPS) is 11.8. The Morgan fingerprint density at radius 2 is 0.800 bits per heavy atom. The fourth-order valence-corrected chi connectivity index (χ4v) is 4.93. The van der Waals surface area contributed by atoms with Crippen LogP contribution in [0.25, 0.3) is 0 Å². The van der Waals surface area contributed by atoms with Gasteiger partial charge >= 0.3 is 97.8 Å². The molecule has 0 unspecified atom stereocenters. The molecule has 0 spiro atoms. The SMILES string of the molecule is CCCCCCCCCCCCCCCCCC[SiH2][Au]. The summed E-state index contributed by atoms with van der Waals surface area (Å²) in [5, 5.41) is 0. The molecule has 0 aliphatic heterocycles. The second-order valence-electron chi connectivity index (χ2n) is 6.31.